The number of carbonyl (C=O) groups is 2. The van der Waals surface area contributed by atoms with Crippen molar-refractivity contribution in [1.29, 1.82) is 0 Å². The number of carboxylic acids is 1. The molecule has 2 aromatic carbocycles. The quantitative estimate of drug-likeness (QED) is 0.177. The molecule has 1 N–H and O–H groups in total. The fourth-order valence-corrected chi connectivity index (χ4v) is 4.98. The van der Waals surface area contributed by atoms with Crippen LogP contribution in [0, 0.1) is 5.92 Å². The number of aromatic nitrogens is 3. The molecular weight excluding hydrogens is 506 g/mol. The summed E-state index contributed by atoms with van der Waals surface area (Å²) in [4.78, 5) is 38.7. The number of aliphatic carboxylic acids is 1. The van der Waals surface area contributed by atoms with E-state index in [1.807, 2.05) is 6.07 Å². The van der Waals surface area contributed by atoms with E-state index < -0.39 is 17.7 Å². The summed E-state index contributed by atoms with van der Waals surface area (Å²) in [5.74, 6) is -1.81. The summed E-state index contributed by atoms with van der Waals surface area (Å²) in [5, 5.41) is 20.8. The van der Waals surface area contributed by atoms with Crippen LogP contribution in [-0.4, -0.2) is 38.5 Å². The minimum Gasteiger partial charge on any atom is -0.494 e. The maximum Gasteiger partial charge on any atom is 0.307 e. The van der Waals surface area contributed by atoms with E-state index in [1.165, 1.54) is 4.88 Å². The van der Waals surface area contributed by atoms with Crippen molar-refractivity contribution in [1.82, 2.24) is 15.0 Å². The number of thiophene rings is 1. The summed E-state index contributed by atoms with van der Waals surface area (Å²) in [6, 6.07) is 17.9. The van der Waals surface area contributed by atoms with Crippen LogP contribution >= 0.6 is 11.3 Å². The van der Waals surface area contributed by atoms with Gasteiger partial charge in [0.2, 0.25) is 0 Å². The van der Waals surface area contributed by atoms with Gasteiger partial charge >= 0.3 is 5.97 Å². The highest BCUT2D eigenvalue weighted by Crippen LogP contribution is 2.26. The second-order valence-electron chi connectivity index (χ2n) is 8.93. The molecule has 38 heavy (non-hydrogen) atoms. The molecule has 0 saturated heterocycles. The highest BCUT2D eigenvalue weighted by Gasteiger charge is 2.24. The van der Waals surface area contributed by atoms with Gasteiger partial charge in [-0.25, -0.2) is 4.68 Å². The maximum atomic E-state index is 12.9. The summed E-state index contributed by atoms with van der Waals surface area (Å²) >= 11 is 1.73. The molecule has 5 aromatic rings. The van der Waals surface area contributed by atoms with Gasteiger partial charge in [-0.2, -0.15) is 0 Å². The highest BCUT2D eigenvalue weighted by atomic mass is 32.1. The molecular formula is C28H25N3O6S. The third-order valence-electron chi connectivity index (χ3n) is 6.28. The first-order valence-electron chi connectivity index (χ1n) is 12.3. The second kappa shape index (κ2) is 11.4. The van der Waals surface area contributed by atoms with Gasteiger partial charge in [0.1, 0.15) is 16.8 Å². The van der Waals surface area contributed by atoms with Crippen molar-refractivity contribution in [2.45, 2.75) is 32.2 Å². The predicted octanol–water partition coefficient (Wildman–Crippen LogP) is 4.97. The van der Waals surface area contributed by atoms with Crippen molar-refractivity contribution in [3.05, 3.63) is 87.0 Å². The molecule has 0 spiro atoms. The second-order valence-corrected chi connectivity index (χ2v) is 9.96. The molecule has 0 aliphatic carbocycles. The Balaban J connectivity index is 1.20. The van der Waals surface area contributed by atoms with Crippen molar-refractivity contribution in [2.75, 3.05) is 6.61 Å². The number of ketones is 1. The molecule has 3 aromatic heterocycles. The molecule has 10 heteroatoms. The maximum absolute atomic E-state index is 12.9. The monoisotopic (exact) mass is 531 g/mol. The molecule has 194 valence electrons. The van der Waals surface area contributed by atoms with E-state index in [0.29, 0.717) is 34.2 Å². The molecule has 1 atom stereocenters. The van der Waals surface area contributed by atoms with Crippen molar-refractivity contribution >= 4 is 45.0 Å². The number of furan rings is 1. The first kappa shape index (κ1) is 25.3. The zero-order valence-electron chi connectivity index (χ0n) is 20.4. The van der Waals surface area contributed by atoms with Gasteiger partial charge in [-0.15, -0.1) is 16.4 Å². The van der Waals surface area contributed by atoms with Crippen LogP contribution in [0.1, 0.15) is 34.7 Å². The Morgan fingerprint density at radius 3 is 2.79 bits per heavy atom. The summed E-state index contributed by atoms with van der Waals surface area (Å²) in [5.41, 5.74) is 0.632. The lowest BCUT2D eigenvalue weighted by Gasteiger charge is -2.11. The first-order chi connectivity index (χ1) is 18.5. The van der Waals surface area contributed by atoms with E-state index in [2.05, 4.69) is 21.8 Å². The molecule has 0 radical (unpaired) electrons. The van der Waals surface area contributed by atoms with E-state index in [9.17, 15) is 19.5 Å². The number of carbonyl (C=O) groups excluding carboxylic acids is 1. The van der Waals surface area contributed by atoms with Gasteiger partial charge in [0.05, 0.1) is 17.9 Å². The van der Waals surface area contributed by atoms with Crippen molar-refractivity contribution in [3.63, 3.8) is 0 Å². The van der Waals surface area contributed by atoms with E-state index >= 15 is 0 Å². The Morgan fingerprint density at radius 1 is 1.11 bits per heavy atom. The van der Waals surface area contributed by atoms with Gasteiger partial charge in [0, 0.05) is 23.2 Å². The summed E-state index contributed by atoms with van der Waals surface area (Å²) < 4.78 is 12.7. The molecule has 3 heterocycles. The zero-order valence-corrected chi connectivity index (χ0v) is 21.2. The van der Waals surface area contributed by atoms with E-state index in [0.717, 1.165) is 17.5 Å². The molecule has 5 rings (SSSR count). The Kier molecular flexibility index (Phi) is 7.60. The fourth-order valence-electron chi connectivity index (χ4n) is 4.23. The number of hydrogen-bond acceptors (Lipinski definition) is 8. The Labute approximate surface area is 221 Å². The third-order valence-corrected chi connectivity index (χ3v) is 7.21. The summed E-state index contributed by atoms with van der Waals surface area (Å²) in [6.07, 6.45) is 1.62. The number of ether oxygens (including phenoxy) is 1. The van der Waals surface area contributed by atoms with Gasteiger partial charge in [-0.3, -0.25) is 14.4 Å². The number of fused-ring (bicyclic) bond motifs is 2. The number of carboxylic acid groups (broad SMARTS) is 1. The predicted molar refractivity (Wildman–Crippen MR) is 143 cm³/mol. The lowest BCUT2D eigenvalue weighted by Crippen LogP contribution is -2.27. The molecule has 0 aliphatic rings. The summed E-state index contributed by atoms with van der Waals surface area (Å²) in [6.45, 7) is 0.590. The SMILES string of the molecule is O=C(CC(CCn1nnc2ccccc2c1=O)C(=O)O)c1cc2cc(OCCCc3cccs3)ccc2o1. The average Bonchev–Trinajstić information content (AvgIpc) is 3.60. The van der Waals surface area contributed by atoms with Crippen LogP contribution in [0.5, 0.6) is 5.75 Å². The van der Waals surface area contributed by atoms with Crippen LogP contribution in [-0.2, 0) is 17.8 Å². The number of aryl methyl sites for hydroxylation is 2. The normalized spacial score (nSPS) is 12.1. The standard InChI is InChI=1S/C28H25N3O6S/c32-24(16-18(28(34)35)11-12-31-27(33)22-7-1-2-8-23(22)29-30-31)26-17-19-15-20(9-10-25(19)37-26)36-13-3-5-21-6-4-14-38-21/h1-2,4,6-10,14-15,17-18H,3,5,11-13,16H2,(H,34,35). The average molecular weight is 532 g/mol. The van der Waals surface area contributed by atoms with Crippen LogP contribution in [0.2, 0.25) is 0 Å². The van der Waals surface area contributed by atoms with Crippen LogP contribution in [0.15, 0.2) is 75.3 Å². The Hall–Kier alpha value is -4.31. The molecule has 9 nitrogen and oxygen atoms in total. The number of rotatable bonds is 12. The van der Waals surface area contributed by atoms with E-state index in [-0.39, 0.29) is 30.7 Å². The summed E-state index contributed by atoms with van der Waals surface area (Å²) in [7, 11) is 0. The lowest BCUT2D eigenvalue weighted by atomic mass is 9.98. The van der Waals surface area contributed by atoms with Gasteiger partial charge in [-0.1, -0.05) is 23.4 Å². The molecule has 0 aliphatic heterocycles. The molecule has 0 saturated carbocycles. The first-order valence-corrected chi connectivity index (χ1v) is 13.1. The highest BCUT2D eigenvalue weighted by molar-refractivity contribution is 7.09. The van der Waals surface area contributed by atoms with Crippen LogP contribution < -0.4 is 10.3 Å². The van der Waals surface area contributed by atoms with E-state index in [4.69, 9.17) is 9.15 Å². The largest absolute Gasteiger partial charge is 0.494 e. The zero-order chi connectivity index (χ0) is 26.5. The van der Waals surface area contributed by atoms with Gasteiger partial charge < -0.3 is 14.3 Å². The number of nitrogens with zero attached hydrogens (tertiary/aromatic N) is 3. The molecule has 0 bridgehead atoms. The lowest BCUT2D eigenvalue weighted by molar-refractivity contribution is -0.142. The third kappa shape index (κ3) is 5.81. The Bertz CT molecular complexity index is 1640. The van der Waals surface area contributed by atoms with Crippen molar-refractivity contribution < 1.29 is 23.8 Å². The van der Waals surface area contributed by atoms with Crippen LogP contribution in [0.3, 0.4) is 0 Å². The number of Topliss-reactive ketones (excluding diaryl/α,β-unsaturated/α-hetero) is 1. The molecule has 0 amide bonds. The van der Waals surface area contributed by atoms with Crippen LogP contribution in [0.4, 0.5) is 0 Å². The van der Waals surface area contributed by atoms with Gasteiger partial charge in [0.25, 0.3) is 5.56 Å². The Morgan fingerprint density at radius 2 is 1.97 bits per heavy atom. The van der Waals surface area contributed by atoms with Gasteiger partial charge in [-0.05, 0) is 67.1 Å². The number of benzene rings is 2. The smallest absolute Gasteiger partial charge is 0.307 e. The molecule has 1 unspecified atom stereocenters. The van der Waals surface area contributed by atoms with Crippen molar-refractivity contribution in [2.24, 2.45) is 5.92 Å². The van der Waals surface area contributed by atoms with E-state index in [1.54, 1.807) is 59.9 Å². The number of hydrogen-bond donors (Lipinski definition) is 1. The fraction of sp³-hybridized carbons (Fsp3) is 0.250. The minimum atomic E-state index is -1.13. The van der Waals surface area contributed by atoms with Gasteiger partial charge in [0.15, 0.2) is 11.5 Å². The van der Waals surface area contributed by atoms with Crippen LogP contribution in [0.25, 0.3) is 21.9 Å². The molecule has 0 fully saturated rings. The minimum absolute atomic E-state index is 0.0221. The topological polar surface area (TPSA) is 125 Å². The van der Waals surface area contributed by atoms with Crippen molar-refractivity contribution in [3.8, 4) is 5.75 Å².